The normalized spacial score (nSPS) is 13.9. The first-order valence-corrected chi connectivity index (χ1v) is 7.50. The van der Waals surface area contributed by atoms with E-state index in [2.05, 4.69) is 4.98 Å². The third-order valence-electron chi connectivity index (χ3n) is 2.76. The van der Waals surface area contributed by atoms with Crippen LogP contribution in [-0.4, -0.2) is 30.5 Å². The molecule has 5 heteroatoms. The SMILES string of the molecule is CCCS(=O)(=O)N(C)C(CC)c1ccccn1. The Morgan fingerprint density at radius 2 is 2.06 bits per heavy atom. The summed E-state index contributed by atoms with van der Waals surface area (Å²) in [7, 11) is -1.54. The summed E-state index contributed by atoms with van der Waals surface area (Å²) in [5.74, 6) is 0.187. The third kappa shape index (κ3) is 3.51. The highest BCUT2D eigenvalue weighted by molar-refractivity contribution is 7.89. The van der Waals surface area contributed by atoms with E-state index in [4.69, 9.17) is 0 Å². The summed E-state index contributed by atoms with van der Waals surface area (Å²) >= 11 is 0. The van der Waals surface area contributed by atoms with Gasteiger partial charge >= 0.3 is 0 Å². The second-order valence-electron chi connectivity index (χ2n) is 4.01. The highest BCUT2D eigenvalue weighted by Crippen LogP contribution is 2.23. The Morgan fingerprint density at radius 3 is 2.53 bits per heavy atom. The van der Waals surface area contributed by atoms with Crippen LogP contribution in [0.4, 0.5) is 0 Å². The van der Waals surface area contributed by atoms with E-state index in [1.807, 2.05) is 32.0 Å². The maximum Gasteiger partial charge on any atom is 0.214 e. The summed E-state index contributed by atoms with van der Waals surface area (Å²) in [6.45, 7) is 3.84. The van der Waals surface area contributed by atoms with Gasteiger partial charge in [0.2, 0.25) is 10.0 Å². The molecule has 0 aliphatic heterocycles. The summed E-state index contributed by atoms with van der Waals surface area (Å²) in [4.78, 5) is 4.24. The number of hydrogen-bond donors (Lipinski definition) is 0. The topological polar surface area (TPSA) is 50.3 Å². The zero-order valence-electron chi connectivity index (χ0n) is 10.6. The molecule has 1 aromatic heterocycles. The molecule has 1 unspecified atom stereocenters. The number of rotatable bonds is 6. The molecule has 0 amide bonds. The molecule has 0 aliphatic carbocycles. The average molecular weight is 256 g/mol. The van der Waals surface area contributed by atoms with Crippen molar-refractivity contribution in [2.24, 2.45) is 0 Å². The highest BCUT2D eigenvalue weighted by Gasteiger charge is 2.26. The van der Waals surface area contributed by atoms with Crippen LogP contribution in [0, 0.1) is 0 Å². The number of sulfonamides is 1. The summed E-state index contributed by atoms with van der Waals surface area (Å²) in [5.41, 5.74) is 0.803. The zero-order valence-corrected chi connectivity index (χ0v) is 11.4. The van der Waals surface area contributed by atoms with Gasteiger partial charge in [0.05, 0.1) is 17.5 Å². The van der Waals surface area contributed by atoms with Crippen LogP contribution >= 0.6 is 0 Å². The highest BCUT2D eigenvalue weighted by atomic mass is 32.2. The van der Waals surface area contributed by atoms with E-state index in [1.165, 1.54) is 4.31 Å². The second kappa shape index (κ2) is 6.12. The lowest BCUT2D eigenvalue weighted by Crippen LogP contribution is -2.33. The van der Waals surface area contributed by atoms with Gasteiger partial charge in [0.1, 0.15) is 0 Å². The van der Waals surface area contributed by atoms with Gasteiger partial charge in [0.15, 0.2) is 0 Å². The maximum atomic E-state index is 12.0. The molecule has 96 valence electrons. The summed E-state index contributed by atoms with van der Waals surface area (Å²) in [6, 6.07) is 5.40. The molecule has 0 aromatic carbocycles. The van der Waals surface area contributed by atoms with Gasteiger partial charge in [-0.15, -0.1) is 0 Å². The molecule has 0 spiro atoms. The Labute approximate surface area is 104 Å². The molecule has 0 N–H and O–H groups in total. The van der Waals surface area contributed by atoms with E-state index in [-0.39, 0.29) is 11.8 Å². The van der Waals surface area contributed by atoms with Crippen LogP contribution in [0.3, 0.4) is 0 Å². The van der Waals surface area contributed by atoms with Crippen molar-refractivity contribution in [3.63, 3.8) is 0 Å². The fourth-order valence-electron chi connectivity index (χ4n) is 1.82. The Hall–Kier alpha value is -0.940. The molecule has 0 bridgehead atoms. The Bertz CT molecular complexity index is 431. The van der Waals surface area contributed by atoms with Crippen molar-refractivity contribution in [3.05, 3.63) is 30.1 Å². The minimum atomic E-state index is -3.18. The lowest BCUT2D eigenvalue weighted by atomic mass is 10.1. The van der Waals surface area contributed by atoms with E-state index < -0.39 is 10.0 Å². The smallest absolute Gasteiger partial charge is 0.214 e. The standard InChI is InChI=1S/C12H20N2O2S/c1-4-10-17(15,16)14(3)12(5-2)11-8-6-7-9-13-11/h6-9,12H,4-5,10H2,1-3H3. The quantitative estimate of drug-likeness (QED) is 0.784. The van der Waals surface area contributed by atoms with Crippen LogP contribution in [0.5, 0.6) is 0 Å². The predicted octanol–water partition coefficient (Wildman–Crippen LogP) is 2.20. The Kier molecular flexibility index (Phi) is 5.08. The van der Waals surface area contributed by atoms with Crippen LogP contribution in [0.25, 0.3) is 0 Å². The van der Waals surface area contributed by atoms with Crippen LogP contribution in [-0.2, 0) is 10.0 Å². The van der Waals surface area contributed by atoms with Crippen LogP contribution < -0.4 is 0 Å². The van der Waals surface area contributed by atoms with Crippen molar-refractivity contribution in [3.8, 4) is 0 Å². The van der Waals surface area contributed by atoms with Crippen LogP contribution in [0.2, 0.25) is 0 Å². The van der Waals surface area contributed by atoms with Crippen molar-refractivity contribution < 1.29 is 8.42 Å². The minimum Gasteiger partial charge on any atom is -0.260 e. The molecular weight excluding hydrogens is 236 g/mol. The molecule has 1 rings (SSSR count). The monoisotopic (exact) mass is 256 g/mol. The van der Waals surface area contributed by atoms with Crippen molar-refractivity contribution in [2.45, 2.75) is 32.7 Å². The fourth-order valence-corrected chi connectivity index (χ4v) is 3.27. The van der Waals surface area contributed by atoms with Crippen LogP contribution in [0.1, 0.15) is 38.4 Å². The summed E-state index contributed by atoms with van der Waals surface area (Å²) in [6.07, 6.45) is 3.04. The first-order chi connectivity index (χ1) is 8.03. The number of hydrogen-bond acceptors (Lipinski definition) is 3. The van der Waals surface area contributed by atoms with Crippen molar-refractivity contribution in [1.29, 1.82) is 0 Å². The summed E-state index contributed by atoms with van der Waals surface area (Å²) < 4.78 is 25.4. The van der Waals surface area contributed by atoms with E-state index >= 15 is 0 Å². The number of nitrogens with zero attached hydrogens (tertiary/aromatic N) is 2. The largest absolute Gasteiger partial charge is 0.260 e. The van der Waals surface area contributed by atoms with Gasteiger partial charge in [-0.25, -0.2) is 8.42 Å². The maximum absolute atomic E-state index is 12.0. The van der Waals surface area contributed by atoms with Gasteiger partial charge in [0, 0.05) is 13.2 Å². The number of aromatic nitrogens is 1. The average Bonchev–Trinajstić information content (AvgIpc) is 2.31. The van der Waals surface area contributed by atoms with E-state index in [0.29, 0.717) is 6.42 Å². The number of pyridine rings is 1. The molecule has 4 nitrogen and oxygen atoms in total. The molecule has 0 saturated carbocycles. The molecular formula is C12H20N2O2S. The molecule has 1 heterocycles. The molecule has 0 saturated heterocycles. The van der Waals surface area contributed by atoms with Gasteiger partial charge in [0.25, 0.3) is 0 Å². The van der Waals surface area contributed by atoms with Gasteiger partial charge in [-0.05, 0) is 25.0 Å². The molecule has 0 aliphatic rings. The molecule has 0 radical (unpaired) electrons. The lowest BCUT2D eigenvalue weighted by Gasteiger charge is -2.25. The lowest BCUT2D eigenvalue weighted by molar-refractivity contribution is 0.360. The fraction of sp³-hybridized carbons (Fsp3) is 0.583. The Morgan fingerprint density at radius 1 is 1.35 bits per heavy atom. The van der Waals surface area contributed by atoms with E-state index in [1.54, 1.807) is 13.2 Å². The first kappa shape index (κ1) is 14.1. The van der Waals surface area contributed by atoms with E-state index in [9.17, 15) is 8.42 Å². The third-order valence-corrected chi connectivity index (χ3v) is 4.81. The molecule has 1 aromatic rings. The minimum absolute atomic E-state index is 0.173. The van der Waals surface area contributed by atoms with Gasteiger partial charge < -0.3 is 0 Å². The first-order valence-electron chi connectivity index (χ1n) is 5.89. The molecule has 0 fully saturated rings. The van der Waals surface area contributed by atoms with Gasteiger partial charge in [-0.3, -0.25) is 4.98 Å². The van der Waals surface area contributed by atoms with Gasteiger partial charge in [-0.1, -0.05) is 19.9 Å². The zero-order chi connectivity index (χ0) is 12.9. The van der Waals surface area contributed by atoms with E-state index in [0.717, 1.165) is 12.1 Å². The molecule has 1 atom stereocenters. The van der Waals surface area contributed by atoms with Crippen molar-refractivity contribution >= 4 is 10.0 Å². The van der Waals surface area contributed by atoms with Crippen molar-refractivity contribution in [1.82, 2.24) is 9.29 Å². The summed E-state index contributed by atoms with van der Waals surface area (Å²) in [5, 5.41) is 0. The van der Waals surface area contributed by atoms with Crippen molar-refractivity contribution in [2.75, 3.05) is 12.8 Å². The van der Waals surface area contributed by atoms with Gasteiger partial charge in [-0.2, -0.15) is 4.31 Å². The Balaban J connectivity index is 2.96. The van der Waals surface area contributed by atoms with Crippen LogP contribution in [0.15, 0.2) is 24.4 Å². The predicted molar refractivity (Wildman–Crippen MR) is 69.1 cm³/mol. The molecule has 17 heavy (non-hydrogen) atoms. The second-order valence-corrected chi connectivity index (χ2v) is 6.16.